The molecule has 0 aliphatic carbocycles. The summed E-state index contributed by atoms with van der Waals surface area (Å²) in [4.78, 5) is 4.48. The second-order valence-corrected chi connectivity index (χ2v) is 5.80. The van der Waals surface area contributed by atoms with Crippen molar-refractivity contribution in [2.75, 3.05) is 0 Å². The molecule has 0 radical (unpaired) electrons. The van der Waals surface area contributed by atoms with Crippen LogP contribution in [0.2, 0.25) is 0 Å². The molecule has 108 valence electrons. The van der Waals surface area contributed by atoms with E-state index in [-0.39, 0.29) is 5.92 Å². The molecule has 0 aliphatic heterocycles. The predicted octanol–water partition coefficient (Wildman–Crippen LogP) is 3.77. The van der Waals surface area contributed by atoms with Crippen molar-refractivity contribution in [3.05, 3.63) is 66.1 Å². The van der Waals surface area contributed by atoms with Crippen LogP contribution in [0, 0.1) is 5.92 Å². The molecule has 3 rings (SSSR count). The Morgan fingerprint density at radius 2 is 1.95 bits per heavy atom. The summed E-state index contributed by atoms with van der Waals surface area (Å²) in [5, 5.41) is 11.3. The molecule has 3 heteroatoms. The van der Waals surface area contributed by atoms with E-state index >= 15 is 0 Å². The van der Waals surface area contributed by atoms with Gasteiger partial charge in [0.1, 0.15) is 0 Å². The SMILES string of the molecule is CC(C)C(O)c1ccn(Cc2cccc3cccnc23)c1. The molecule has 2 aromatic heterocycles. The Hall–Kier alpha value is -2.13. The van der Waals surface area contributed by atoms with Gasteiger partial charge in [0.25, 0.3) is 0 Å². The van der Waals surface area contributed by atoms with Crippen molar-refractivity contribution >= 4 is 10.9 Å². The number of benzene rings is 1. The summed E-state index contributed by atoms with van der Waals surface area (Å²) in [6.45, 7) is 4.81. The van der Waals surface area contributed by atoms with Crippen LogP contribution in [0.25, 0.3) is 10.9 Å². The number of hydrogen-bond acceptors (Lipinski definition) is 2. The zero-order valence-corrected chi connectivity index (χ0v) is 12.4. The molecular formula is C18H20N2O. The fourth-order valence-corrected chi connectivity index (χ4v) is 2.61. The van der Waals surface area contributed by atoms with Crippen molar-refractivity contribution in [1.82, 2.24) is 9.55 Å². The van der Waals surface area contributed by atoms with Gasteiger partial charge in [-0.25, -0.2) is 0 Å². The number of aromatic nitrogens is 2. The lowest BCUT2D eigenvalue weighted by atomic mass is 10.0. The van der Waals surface area contributed by atoms with Crippen LogP contribution in [0.4, 0.5) is 0 Å². The lowest BCUT2D eigenvalue weighted by molar-refractivity contribution is 0.127. The smallest absolute Gasteiger partial charge is 0.0827 e. The van der Waals surface area contributed by atoms with Crippen molar-refractivity contribution < 1.29 is 5.11 Å². The van der Waals surface area contributed by atoms with E-state index in [0.29, 0.717) is 0 Å². The Labute approximate surface area is 124 Å². The van der Waals surface area contributed by atoms with Crippen LogP contribution in [-0.4, -0.2) is 14.7 Å². The first kappa shape index (κ1) is 13.8. The number of fused-ring (bicyclic) bond motifs is 1. The van der Waals surface area contributed by atoms with E-state index < -0.39 is 6.10 Å². The van der Waals surface area contributed by atoms with Gasteiger partial charge in [0, 0.05) is 30.5 Å². The van der Waals surface area contributed by atoms with E-state index in [1.807, 2.05) is 44.6 Å². The number of pyridine rings is 1. The molecule has 2 heterocycles. The number of rotatable bonds is 4. The zero-order valence-electron chi connectivity index (χ0n) is 12.4. The van der Waals surface area contributed by atoms with Crippen molar-refractivity contribution in [1.29, 1.82) is 0 Å². The third kappa shape index (κ3) is 2.83. The van der Waals surface area contributed by atoms with Crippen molar-refractivity contribution in [2.24, 2.45) is 5.92 Å². The normalized spacial score (nSPS) is 13.0. The average Bonchev–Trinajstić information content (AvgIpc) is 2.95. The van der Waals surface area contributed by atoms with Gasteiger partial charge in [0.2, 0.25) is 0 Å². The van der Waals surface area contributed by atoms with Crippen LogP contribution in [0.15, 0.2) is 55.0 Å². The van der Waals surface area contributed by atoms with Gasteiger partial charge in [-0.1, -0.05) is 38.1 Å². The van der Waals surface area contributed by atoms with Crippen molar-refractivity contribution in [3.8, 4) is 0 Å². The molecule has 0 spiro atoms. The summed E-state index contributed by atoms with van der Waals surface area (Å²) in [6, 6.07) is 12.3. The summed E-state index contributed by atoms with van der Waals surface area (Å²) in [7, 11) is 0. The van der Waals surface area contributed by atoms with Crippen LogP contribution in [-0.2, 0) is 6.54 Å². The van der Waals surface area contributed by atoms with E-state index in [1.165, 1.54) is 5.56 Å². The summed E-state index contributed by atoms with van der Waals surface area (Å²) >= 11 is 0. The van der Waals surface area contributed by atoms with Crippen LogP contribution in [0.1, 0.15) is 31.1 Å². The first-order chi connectivity index (χ1) is 10.1. The molecular weight excluding hydrogens is 260 g/mol. The maximum atomic E-state index is 10.1. The van der Waals surface area contributed by atoms with Crippen molar-refractivity contribution in [2.45, 2.75) is 26.5 Å². The van der Waals surface area contributed by atoms with Gasteiger partial charge in [0.05, 0.1) is 11.6 Å². The van der Waals surface area contributed by atoms with Crippen LogP contribution in [0.3, 0.4) is 0 Å². The van der Waals surface area contributed by atoms with Gasteiger partial charge >= 0.3 is 0 Å². The highest BCUT2D eigenvalue weighted by atomic mass is 16.3. The maximum Gasteiger partial charge on any atom is 0.0827 e. The quantitative estimate of drug-likeness (QED) is 0.790. The highest BCUT2D eigenvalue weighted by Crippen LogP contribution is 2.23. The summed E-state index contributed by atoms with van der Waals surface area (Å²) < 4.78 is 2.10. The molecule has 21 heavy (non-hydrogen) atoms. The lowest BCUT2D eigenvalue weighted by Crippen LogP contribution is -2.04. The second kappa shape index (κ2) is 5.70. The molecule has 0 saturated carbocycles. The monoisotopic (exact) mass is 280 g/mol. The summed E-state index contributed by atoms with van der Waals surface area (Å²) in [6.07, 6.45) is 5.46. The maximum absolute atomic E-state index is 10.1. The van der Waals surface area contributed by atoms with Crippen LogP contribution in [0.5, 0.6) is 0 Å². The number of aliphatic hydroxyl groups excluding tert-OH is 1. The highest BCUT2D eigenvalue weighted by Gasteiger charge is 2.13. The minimum absolute atomic E-state index is 0.222. The summed E-state index contributed by atoms with van der Waals surface area (Å²) in [5.41, 5.74) is 3.20. The first-order valence-corrected chi connectivity index (χ1v) is 7.31. The van der Waals surface area contributed by atoms with E-state index in [2.05, 4.69) is 33.8 Å². The van der Waals surface area contributed by atoms with Gasteiger partial charge < -0.3 is 9.67 Å². The molecule has 3 aromatic rings. The third-order valence-corrected chi connectivity index (χ3v) is 3.82. The lowest BCUT2D eigenvalue weighted by Gasteiger charge is -2.12. The molecule has 1 aromatic carbocycles. The topological polar surface area (TPSA) is 38.0 Å². The van der Waals surface area contributed by atoms with Crippen LogP contribution >= 0.6 is 0 Å². The van der Waals surface area contributed by atoms with Gasteiger partial charge in [0.15, 0.2) is 0 Å². The van der Waals surface area contributed by atoms with E-state index in [0.717, 1.165) is 23.0 Å². The number of para-hydroxylation sites is 1. The Morgan fingerprint density at radius 1 is 1.14 bits per heavy atom. The molecule has 3 nitrogen and oxygen atoms in total. The molecule has 1 atom stereocenters. The van der Waals surface area contributed by atoms with E-state index in [4.69, 9.17) is 0 Å². The molecule has 1 N–H and O–H groups in total. The molecule has 0 amide bonds. The fraction of sp³-hybridized carbons (Fsp3) is 0.278. The highest BCUT2D eigenvalue weighted by molar-refractivity contribution is 5.81. The van der Waals surface area contributed by atoms with Gasteiger partial charge in [-0.3, -0.25) is 4.98 Å². The van der Waals surface area contributed by atoms with Gasteiger partial charge in [-0.2, -0.15) is 0 Å². The zero-order chi connectivity index (χ0) is 14.8. The second-order valence-electron chi connectivity index (χ2n) is 5.80. The summed E-state index contributed by atoms with van der Waals surface area (Å²) in [5.74, 6) is 0.222. The average molecular weight is 280 g/mol. The fourth-order valence-electron chi connectivity index (χ4n) is 2.61. The Balaban J connectivity index is 1.89. The minimum Gasteiger partial charge on any atom is -0.388 e. The molecule has 0 saturated heterocycles. The molecule has 0 aliphatic rings. The number of hydrogen-bond donors (Lipinski definition) is 1. The Morgan fingerprint density at radius 3 is 2.76 bits per heavy atom. The third-order valence-electron chi connectivity index (χ3n) is 3.82. The molecule has 1 unspecified atom stereocenters. The number of aliphatic hydroxyl groups is 1. The Bertz CT molecular complexity index is 740. The predicted molar refractivity (Wildman–Crippen MR) is 85.1 cm³/mol. The standard InChI is InChI=1S/C18H20N2O/c1-13(2)18(21)16-8-10-20(12-16)11-15-6-3-5-14-7-4-9-19-17(14)15/h3-10,12-13,18,21H,11H2,1-2H3. The van der Waals surface area contributed by atoms with Gasteiger partial charge in [-0.15, -0.1) is 0 Å². The molecule has 0 fully saturated rings. The van der Waals surface area contributed by atoms with Crippen molar-refractivity contribution in [3.63, 3.8) is 0 Å². The Kier molecular flexibility index (Phi) is 3.76. The van der Waals surface area contributed by atoms with Gasteiger partial charge in [-0.05, 0) is 29.2 Å². The molecule has 0 bridgehead atoms. The van der Waals surface area contributed by atoms with Crippen LogP contribution < -0.4 is 0 Å². The number of nitrogens with zero attached hydrogens (tertiary/aromatic N) is 2. The van der Waals surface area contributed by atoms with E-state index in [1.54, 1.807) is 0 Å². The van der Waals surface area contributed by atoms with E-state index in [9.17, 15) is 5.11 Å². The largest absolute Gasteiger partial charge is 0.388 e. The first-order valence-electron chi connectivity index (χ1n) is 7.31. The minimum atomic E-state index is -0.406.